The van der Waals surface area contributed by atoms with Gasteiger partial charge in [-0.25, -0.2) is 14.4 Å². The number of aromatic amines is 1. The quantitative estimate of drug-likeness (QED) is 0.421. The van der Waals surface area contributed by atoms with E-state index in [1.807, 2.05) is 6.07 Å². The molecule has 9 nitrogen and oxygen atoms in total. The lowest BCUT2D eigenvalue weighted by molar-refractivity contribution is 0.144. The highest BCUT2D eigenvalue weighted by molar-refractivity contribution is 6.34. The Hall–Kier alpha value is -2.97. The zero-order valence-electron chi connectivity index (χ0n) is 21.7. The van der Waals surface area contributed by atoms with Gasteiger partial charge in [0.1, 0.15) is 17.2 Å². The van der Waals surface area contributed by atoms with Crippen LogP contribution < -0.4 is 10.2 Å². The van der Waals surface area contributed by atoms with Crippen LogP contribution in [0.25, 0.3) is 22.6 Å². The maximum atomic E-state index is 15.3. The van der Waals surface area contributed by atoms with E-state index in [-0.39, 0.29) is 11.9 Å². The molecule has 2 fully saturated rings. The van der Waals surface area contributed by atoms with Gasteiger partial charge in [0, 0.05) is 77.6 Å². The molecule has 38 heavy (non-hydrogen) atoms. The average molecular weight is 541 g/mol. The summed E-state index contributed by atoms with van der Waals surface area (Å²) in [5.41, 5.74) is 3.17. The summed E-state index contributed by atoms with van der Waals surface area (Å²) in [4.78, 5) is 19.2. The Morgan fingerprint density at radius 2 is 1.92 bits per heavy atom. The van der Waals surface area contributed by atoms with Gasteiger partial charge in [0.05, 0.1) is 35.1 Å². The Bertz CT molecular complexity index is 1280. The lowest BCUT2D eigenvalue weighted by Crippen LogP contribution is -2.47. The molecule has 0 atom stereocenters. The van der Waals surface area contributed by atoms with E-state index in [4.69, 9.17) is 26.6 Å². The van der Waals surface area contributed by atoms with Gasteiger partial charge in [-0.3, -0.25) is 4.90 Å². The molecule has 0 saturated carbocycles. The molecule has 2 aliphatic heterocycles. The van der Waals surface area contributed by atoms with E-state index in [0.717, 1.165) is 83.2 Å². The zero-order valence-corrected chi connectivity index (χ0v) is 22.5. The van der Waals surface area contributed by atoms with E-state index >= 15 is 4.39 Å². The maximum Gasteiger partial charge on any atom is 0.159 e. The van der Waals surface area contributed by atoms with Crippen LogP contribution in [0.3, 0.4) is 0 Å². The summed E-state index contributed by atoms with van der Waals surface area (Å²) in [6, 6.07) is 7.78. The molecule has 2 saturated heterocycles. The molecule has 0 aliphatic carbocycles. The number of H-pyrrole nitrogens is 1. The molecule has 2 N–H and O–H groups in total. The van der Waals surface area contributed by atoms with Crippen LogP contribution in [0.15, 0.2) is 24.4 Å². The van der Waals surface area contributed by atoms with E-state index in [1.54, 1.807) is 25.4 Å². The van der Waals surface area contributed by atoms with Gasteiger partial charge >= 0.3 is 0 Å². The van der Waals surface area contributed by atoms with Gasteiger partial charge < -0.3 is 24.8 Å². The molecular formula is C27H34ClFN8O. The van der Waals surface area contributed by atoms with Crippen molar-refractivity contribution in [3.05, 3.63) is 35.2 Å². The smallest absolute Gasteiger partial charge is 0.159 e. The molecule has 4 heterocycles. The molecule has 2 aromatic heterocycles. The third-order valence-electron chi connectivity index (χ3n) is 7.50. The molecule has 0 unspecified atom stereocenters. The maximum absolute atomic E-state index is 15.3. The van der Waals surface area contributed by atoms with Crippen LogP contribution in [0.1, 0.15) is 19.3 Å². The van der Waals surface area contributed by atoms with Crippen LogP contribution in [0.2, 0.25) is 5.02 Å². The van der Waals surface area contributed by atoms with Crippen LogP contribution in [-0.4, -0.2) is 96.9 Å². The van der Waals surface area contributed by atoms with Gasteiger partial charge in [0.25, 0.3) is 0 Å². The number of nitrogens with zero attached hydrogens (tertiary/aromatic N) is 6. The van der Waals surface area contributed by atoms with Crippen LogP contribution in [-0.2, 0) is 4.74 Å². The van der Waals surface area contributed by atoms with E-state index in [1.165, 1.54) is 0 Å². The number of hydrogen-bond donors (Lipinski definition) is 2. The molecule has 202 valence electrons. The first-order valence-electron chi connectivity index (χ1n) is 13.2. The Labute approximate surface area is 227 Å². The van der Waals surface area contributed by atoms with Crippen molar-refractivity contribution in [1.29, 1.82) is 5.26 Å². The van der Waals surface area contributed by atoms with E-state index in [9.17, 15) is 0 Å². The molecular weight excluding hydrogens is 507 g/mol. The summed E-state index contributed by atoms with van der Waals surface area (Å²) >= 11 is 6.54. The Kier molecular flexibility index (Phi) is 8.59. The fraction of sp³-hybridized carbons (Fsp3) is 0.519. The predicted octanol–water partition coefficient (Wildman–Crippen LogP) is 3.98. The van der Waals surface area contributed by atoms with Gasteiger partial charge in [-0.2, -0.15) is 5.26 Å². The molecule has 3 aromatic rings. The van der Waals surface area contributed by atoms with Crippen LogP contribution in [0, 0.1) is 17.1 Å². The molecule has 11 heteroatoms. The largest absolute Gasteiger partial charge is 0.383 e. The van der Waals surface area contributed by atoms with Crippen molar-refractivity contribution in [2.75, 3.05) is 76.3 Å². The summed E-state index contributed by atoms with van der Waals surface area (Å²) in [6.07, 6.45) is 4.04. The second kappa shape index (κ2) is 12.3. The fourth-order valence-electron chi connectivity index (χ4n) is 5.25. The second-order valence-electron chi connectivity index (χ2n) is 9.92. The number of benzene rings is 1. The number of fused-ring (bicyclic) bond motifs is 1. The highest BCUT2D eigenvalue weighted by atomic mass is 35.5. The van der Waals surface area contributed by atoms with Crippen LogP contribution in [0.5, 0.6) is 0 Å². The van der Waals surface area contributed by atoms with Gasteiger partial charge in [0.2, 0.25) is 0 Å². The number of hydrogen-bond acceptors (Lipinski definition) is 8. The second-order valence-corrected chi connectivity index (χ2v) is 10.3. The molecule has 0 radical (unpaired) electrons. The average Bonchev–Trinajstić information content (AvgIpc) is 3.37. The minimum absolute atomic E-state index is 0.238. The molecule has 2 aliphatic rings. The van der Waals surface area contributed by atoms with Crippen LogP contribution in [0.4, 0.5) is 15.8 Å². The number of aromatic nitrogens is 3. The minimum atomic E-state index is -0.325. The van der Waals surface area contributed by atoms with E-state index < -0.39 is 0 Å². The predicted molar refractivity (Wildman–Crippen MR) is 148 cm³/mol. The molecule has 0 amide bonds. The van der Waals surface area contributed by atoms with Gasteiger partial charge in [-0.15, -0.1) is 0 Å². The highest BCUT2D eigenvalue weighted by Gasteiger charge is 2.23. The standard InChI is InChI=1S/C27H34ClFN8O/c1-38-16-15-36-11-13-37(14-12-36)20-3-4-21(23(29)17-20)26-33-25-24(22(28)18-31-27(25)34-26)32-19-5-9-35(10-6-19)8-2-7-30/h3-4,17-19H,2,5-6,8-16H2,1H3,(H2,31,32,33,34). The number of piperidine rings is 1. The van der Waals surface area contributed by atoms with E-state index in [2.05, 4.69) is 36.1 Å². The van der Waals surface area contributed by atoms with Crippen molar-refractivity contribution in [1.82, 2.24) is 24.8 Å². The molecule has 0 bridgehead atoms. The highest BCUT2D eigenvalue weighted by Crippen LogP contribution is 2.33. The number of methoxy groups -OCH3 is 1. The number of halogens is 2. The Balaban J connectivity index is 1.29. The first-order valence-corrected chi connectivity index (χ1v) is 13.6. The van der Waals surface area contributed by atoms with Crippen molar-refractivity contribution >= 4 is 34.1 Å². The van der Waals surface area contributed by atoms with Crippen molar-refractivity contribution < 1.29 is 9.13 Å². The van der Waals surface area contributed by atoms with Crippen molar-refractivity contribution in [2.45, 2.75) is 25.3 Å². The number of nitriles is 1. The monoisotopic (exact) mass is 540 g/mol. The third-order valence-corrected chi connectivity index (χ3v) is 7.79. The first-order chi connectivity index (χ1) is 18.6. The molecule has 5 rings (SSSR count). The summed E-state index contributed by atoms with van der Waals surface area (Å²) in [6.45, 7) is 7.86. The number of likely N-dealkylation sites (tertiary alicyclic amines) is 1. The van der Waals surface area contributed by atoms with Crippen LogP contribution >= 0.6 is 11.6 Å². The SMILES string of the molecule is COCCN1CCN(c2ccc(-c3nc4c(NC5CCN(CCC#N)CC5)c(Cl)cnc4[nH]3)c(F)c2)CC1. The topological polar surface area (TPSA) is 96.3 Å². The lowest BCUT2D eigenvalue weighted by atomic mass is 10.0. The number of rotatable bonds is 9. The number of piperazine rings is 1. The lowest BCUT2D eigenvalue weighted by Gasteiger charge is -2.36. The zero-order chi connectivity index (χ0) is 26.5. The number of pyridine rings is 1. The molecule has 0 spiro atoms. The van der Waals surface area contributed by atoms with Gasteiger partial charge in [-0.1, -0.05) is 11.6 Å². The summed E-state index contributed by atoms with van der Waals surface area (Å²) in [5.74, 6) is 0.103. The Morgan fingerprint density at radius 1 is 1.16 bits per heavy atom. The fourth-order valence-corrected chi connectivity index (χ4v) is 5.44. The summed E-state index contributed by atoms with van der Waals surface area (Å²) in [7, 11) is 1.72. The van der Waals surface area contributed by atoms with E-state index in [0.29, 0.717) is 34.0 Å². The van der Waals surface area contributed by atoms with Gasteiger partial charge in [-0.05, 0) is 31.0 Å². The molecule has 1 aromatic carbocycles. The first kappa shape index (κ1) is 26.6. The van der Waals surface area contributed by atoms with Gasteiger partial charge in [0.15, 0.2) is 5.65 Å². The third kappa shape index (κ3) is 6.02. The summed E-state index contributed by atoms with van der Waals surface area (Å²) in [5, 5.41) is 12.9. The summed E-state index contributed by atoms with van der Waals surface area (Å²) < 4.78 is 20.5. The number of anilines is 2. The number of nitrogens with one attached hydrogen (secondary N) is 2. The normalized spacial score (nSPS) is 17.7. The Morgan fingerprint density at radius 3 is 2.63 bits per heavy atom. The van der Waals surface area contributed by atoms with Crippen molar-refractivity contribution in [3.8, 4) is 17.5 Å². The number of ether oxygens (including phenoxy) is 1. The number of imidazole rings is 1. The van der Waals surface area contributed by atoms with Crippen molar-refractivity contribution in [3.63, 3.8) is 0 Å². The van der Waals surface area contributed by atoms with Crippen molar-refractivity contribution in [2.24, 2.45) is 0 Å². The minimum Gasteiger partial charge on any atom is -0.383 e.